The lowest BCUT2D eigenvalue weighted by atomic mass is 10.1. The van der Waals surface area contributed by atoms with Crippen molar-refractivity contribution >= 4 is 10.0 Å². The number of hydrogen-bond acceptors (Lipinski definition) is 6. The molecule has 0 atom stereocenters. The number of hydrogen-bond donors (Lipinski definition) is 0. The van der Waals surface area contributed by atoms with Crippen molar-refractivity contribution in [3.05, 3.63) is 53.3 Å². The minimum absolute atomic E-state index is 0.0671. The Morgan fingerprint density at radius 3 is 2.38 bits per heavy atom. The number of nitrogens with zero attached hydrogens (tertiary/aromatic N) is 3. The fourth-order valence-corrected chi connectivity index (χ4v) is 3.17. The van der Waals surface area contributed by atoms with E-state index in [4.69, 9.17) is 14.4 Å². The van der Waals surface area contributed by atoms with Gasteiger partial charge in [-0.15, -0.1) is 0 Å². The van der Waals surface area contributed by atoms with Crippen LogP contribution in [0.25, 0.3) is 0 Å². The summed E-state index contributed by atoms with van der Waals surface area (Å²) >= 11 is 0. The van der Waals surface area contributed by atoms with Crippen molar-refractivity contribution in [2.24, 2.45) is 0 Å². The molecule has 0 saturated carbocycles. The van der Waals surface area contributed by atoms with Crippen molar-refractivity contribution in [2.45, 2.75) is 18.2 Å². The van der Waals surface area contributed by atoms with Crippen molar-refractivity contribution in [2.75, 3.05) is 34.4 Å². The fourth-order valence-electron chi connectivity index (χ4n) is 2.36. The highest BCUT2D eigenvalue weighted by Gasteiger charge is 2.22. The molecule has 0 aliphatic heterocycles. The van der Waals surface area contributed by atoms with E-state index in [2.05, 4.69) is 11.0 Å². The van der Waals surface area contributed by atoms with E-state index in [1.165, 1.54) is 20.2 Å². The van der Waals surface area contributed by atoms with Crippen LogP contribution in [0.3, 0.4) is 0 Å². The largest absolute Gasteiger partial charge is 0.447 e. The van der Waals surface area contributed by atoms with Crippen molar-refractivity contribution in [1.82, 2.24) is 9.21 Å². The first kappa shape index (κ1) is 20.1. The molecule has 0 spiro atoms. The molecule has 0 unspecified atom stereocenters. The van der Waals surface area contributed by atoms with Crippen molar-refractivity contribution in [3.63, 3.8) is 0 Å². The molecule has 26 heavy (non-hydrogen) atoms. The van der Waals surface area contributed by atoms with Gasteiger partial charge in [0.2, 0.25) is 5.09 Å². The van der Waals surface area contributed by atoms with Crippen LogP contribution in [0.4, 0.5) is 0 Å². The van der Waals surface area contributed by atoms with Gasteiger partial charge in [-0.05, 0) is 29.8 Å². The normalized spacial score (nSPS) is 11.8. The van der Waals surface area contributed by atoms with E-state index in [0.717, 1.165) is 9.87 Å². The first-order valence-corrected chi connectivity index (χ1v) is 9.52. The van der Waals surface area contributed by atoms with Gasteiger partial charge in [-0.2, -0.15) is 5.26 Å². The van der Waals surface area contributed by atoms with Crippen LogP contribution in [0.2, 0.25) is 0 Å². The lowest BCUT2D eigenvalue weighted by Crippen LogP contribution is -2.26. The standard InChI is InChI=1S/C18H23N3O4S/c1-20(2)26(22,23)18-9-8-17(25-18)14-21(10-11-24-3)13-16-6-4-15(12-19)5-7-16/h4-9H,10-11,13-14H2,1-3H3. The second-order valence-electron chi connectivity index (χ2n) is 6.02. The molecule has 1 heterocycles. The maximum atomic E-state index is 12.1. The number of ether oxygens (including phenoxy) is 1. The zero-order chi connectivity index (χ0) is 19.2. The topological polar surface area (TPSA) is 86.8 Å². The van der Waals surface area contributed by atoms with Crippen LogP contribution >= 0.6 is 0 Å². The molecule has 1 aromatic heterocycles. The number of methoxy groups -OCH3 is 1. The van der Waals surface area contributed by atoms with Crippen LogP contribution in [-0.2, 0) is 27.8 Å². The minimum atomic E-state index is -3.58. The molecule has 2 rings (SSSR count). The van der Waals surface area contributed by atoms with Crippen molar-refractivity contribution in [3.8, 4) is 6.07 Å². The van der Waals surface area contributed by atoms with Gasteiger partial charge in [0, 0.05) is 34.3 Å². The molecule has 0 aliphatic rings. The van der Waals surface area contributed by atoms with Gasteiger partial charge in [-0.25, -0.2) is 12.7 Å². The first-order chi connectivity index (χ1) is 12.4. The maximum Gasteiger partial charge on any atom is 0.275 e. The van der Waals surface area contributed by atoms with Crippen LogP contribution in [0, 0.1) is 11.3 Å². The Labute approximate surface area is 154 Å². The van der Waals surface area contributed by atoms with E-state index in [-0.39, 0.29) is 5.09 Å². The Bertz CT molecular complexity index is 851. The second kappa shape index (κ2) is 8.96. The van der Waals surface area contributed by atoms with Crippen LogP contribution in [0.5, 0.6) is 0 Å². The number of sulfonamides is 1. The van der Waals surface area contributed by atoms with E-state index in [1.54, 1.807) is 25.3 Å². The zero-order valence-electron chi connectivity index (χ0n) is 15.2. The smallest absolute Gasteiger partial charge is 0.275 e. The van der Waals surface area contributed by atoms with Gasteiger partial charge >= 0.3 is 0 Å². The lowest BCUT2D eigenvalue weighted by molar-refractivity contribution is 0.133. The van der Waals surface area contributed by atoms with E-state index in [9.17, 15) is 8.42 Å². The average Bonchev–Trinajstić information content (AvgIpc) is 3.09. The summed E-state index contributed by atoms with van der Waals surface area (Å²) in [6.45, 7) is 2.28. The first-order valence-electron chi connectivity index (χ1n) is 8.08. The molecule has 140 valence electrons. The molecular weight excluding hydrogens is 354 g/mol. The SMILES string of the molecule is COCCN(Cc1ccc(C#N)cc1)Cc1ccc(S(=O)(=O)N(C)C)o1. The second-order valence-corrected chi connectivity index (χ2v) is 8.10. The summed E-state index contributed by atoms with van der Waals surface area (Å²) in [6.07, 6.45) is 0. The van der Waals surface area contributed by atoms with E-state index in [1.807, 2.05) is 12.1 Å². The van der Waals surface area contributed by atoms with Crippen LogP contribution < -0.4 is 0 Å². The molecule has 0 radical (unpaired) electrons. The predicted octanol–water partition coefficient (Wildman–Crippen LogP) is 2.05. The molecule has 0 fully saturated rings. The summed E-state index contributed by atoms with van der Waals surface area (Å²) in [4.78, 5) is 2.09. The summed E-state index contributed by atoms with van der Waals surface area (Å²) in [5.41, 5.74) is 1.66. The molecule has 0 N–H and O–H groups in total. The van der Waals surface area contributed by atoms with E-state index in [0.29, 0.717) is 37.6 Å². The van der Waals surface area contributed by atoms with Gasteiger partial charge in [0.15, 0.2) is 0 Å². The van der Waals surface area contributed by atoms with Gasteiger partial charge < -0.3 is 9.15 Å². The van der Waals surface area contributed by atoms with Crippen LogP contribution in [0.15, 0.2) is 45.9 Å². The molecular formula is C18H23N3O4S. The lowest BCUT2D eigenvalue weighted by Gasteiger charge is -2.21. The monoisotopic (exact) mass is 377 g/mol. The Morgan fingerprint density at radius 2 is 1.81 bits per heavy atom. The Balaban J connectivity index is 2.12. The number of furan rings is 1. The molecule has 1 aromatic carbocycles. The number of nitriles is 1. The van der Waals surface area contributed by atoms with Crippen molar-refractivity contribution in [1.29, 1.82) is 5.26 Å². The highest BCUT2D eigenvalue weighted by atomic mass is 32.2. The Morgan fingerprint density at radius 1 is 1.12 bits per heavy atom. The third-order valence-corrected chi connectivity index (χ3v) is 5.54. The molecule has 0 bridgehead atoms. The highest BCUT2D eigenvalue weighted by Crippen LogP contribution is 2.19. The third kappa shape index (κ3) is 5.16. The van der Waals surface area contributed by atoms with Crippen LogP contribution in [0.1, 0.15) is 16.9 Å². The maximum absolute atomic E-state index is 12.1. The highest BCUT2D eigenvalue weighted by molar-refractivity contribution is 7.88. The van der Waals surface area contributed by atoms with Gasteiger partial charge in [0.05, 0.1) is 24.8 Å². The van der Waals surface area contributed by atoms with E-state index >= 15 is 0 Å². The molecule has 0 aliphatic carbocycles. The average molecular weight is 377 g/mol. The van der Waals surface area contributed by atoms with Gasteiger partial charge in [-0.1, -0.05) is 12.1 Å². The van der Waals surface area contributed by atoms with Crippen LogP contribution in [-0.4, -0.2) is 52.0 Å². The van der Waals surface area contributed by atoms with Gasteiger partial charge in [-0.3, -0.25) is 4.90 Å². The summed E-state index contributed by atoms with van der Waals surface area (Å²) in [5, 5.41) is 8.82. The number of benzene rings is 1. The molecule has 2 aromatic rings. The van der Waals surface area contributed by atoms with E-state index < -0.39 is 10.0 Å². The number of rotatable bonds is 9. The fraction of sp³-hybridized carbons (Fsp3) is 0.389. The summed E-state index contributed by atoms with van der Waals surface area (Å²) in [5.74, 6) is 0.565. The van der Waals surface area contributed by atoms with Gasteiger partial charge in [0.25, 0.3) is 10.0 Å². The summed E-state index contributed by atoms with van der Waals surface area (Å²) in [7, 11) is 0.982. The molecule has 7 nitrogen and oxygen atoms in total. The zero-order valence-corrected chi connectivity index (χ0v) is 16.0. The quantitative estimate of drug-likeness (QED) is 0.665. The summed E-state index contributed by atoms with van der Waals surface area (Å²) < 4.78 is 36.1. The summed E-state index contributed by atoms with van der Waals surface area (Å²) in [6, 6.07) is 12.6. The molecule has 8 heteroatoms. The molecule has 0 saturated heterocycles. The van der Waals surface area contributed by atoms with Crippen molar-refractivity contribution < 1.29 is 17.6 Å². The Hall–Kier alpha value is -2.18. The Kier molecular flexibility index (Phi) is 6.94. The minimum Gasteiger partial charge on any atom is -0.447 e. The molecule has 0 amide bonds. The predicted molar refractivity (Wildman–Crippen MR) is 96.7 cm³/mol. The third-order valence-electron chi connectivity index (χ3n) is 3.85. The van der Waals surface area contributed by atoms with Gasteiger partial charge in [0.1, 0.15) is 5.76 Å².